The van der Waals surface area contributed by atoms with E-state index in [2.05, 4.69) is 15.5 Å². The summed E-state index contributed by atoms with van der Waals surface area (Å²) in [4.78, 5) is 11.6. The van der Waals surface area contributed by atoms with Gasteiger partial charge in [-0.2, -0.15) is 0 Å². The van der Waals surface area contributed by atoms with E-state index in [0.717, 1.165) is 6.42 Å². The number of hydrogen-bond acceptors (Lipinski definition) is 3. The van der Waals surface area contributed by atoms with Crippen LogP contribution in [0.5, 0.6) is 0 Å². The second-order valence-electron chi connectivity index (χ2n) is 3.69. The van der Waals surface area contributed by atoms with Gasteiger partial charge in [0.05, 0.1) is 5.52 Å². The predicted molar refractivity (Wildman–Crippen MR) is 62.1 cm³/mol. The topological polar surface area (TPSA) is 54.9 Å². The van der Waals surface area contributed by atoms with E-state index in [4.69, 9.17) is 0 Å². The number of nitrogens with zero attached hydrogens (tertiary/aromatic N) is 2. The molecule has 0 aliphatic heterocycles. The van der Waals surface area contributed by atoms with Crippen molar-refractivity contribution in [2.24, 2.45) is 0 Å². The maximum absolute atomic E-state index is 12.9. The van der Waals surface area contributed by atoms with Crippen LogP contribution in [0.25, 0.3) is 10.9 Å². The van der Waals surface area contributed by atoms with Gasteiger partial charge >= 0.3 is 0 Å². The zero-order valence-corrected chi connectivity index (χ0v) is 9.40. The molecular weight excluding hydrogens is 221 g/mol. The van der Waals surface area contributed by atoms with Crippen LogP contribution in [0.2, 0.25) is 0 Å². The molecule has 1 N–H and O–H groups in total. The van der Waals surface area contributed by atoms with Gasteiger partial charge < -0.3 is 5.32 Å². The summed E-state index contributed by atoms with van der Waals surface area (Å²) in [6, 6.07) is 5.80. The Kier molecular flexibility index (Phi) is 3.27. The number of amides is 1. The smallest absolute Gasteiger partial charge is 0.271 e. The van der Waals surface area contributed by atoms with Gasteiger partial charge in [0, 0.05) is 18.0 Å². The molecule has 0 radical (unpaired) electrons. The summed E-state index contributed by atoms with van der Waals surface area (Å²) in [5.74, 6) is -0.624. The standard InChI is InChI=1S/C12H12FN3O/c1-2-5-14-12(17)11-6-8-3-4-9(13)7-10(8)15-16-11/h3-4,6-7H,2,5H2,1H3,(H,14,17). The number of fused-ring (bicyclic) bond motifs is 1. The molecule has 0 fully saturated rings. The van der Waals surface area contributed by atoms with Gasteiger partial charge in [-0.05, 0) is 24.6 Å². The fourth-order valence-electron chi connectivity index (χ4n) is 1.45. The van der Waals surface area contributed by atoms with Gasteiger partial charge in [-0.3, -0.25) is 4.79 Å². The van der Waals surface area contributed by atoms with E-state index in [1.165, 1.54) is 12.1 Å². The Morgan fingerprint density at radius 1 is 1.35 bits per heavy atom. The number of aromatic nitrogens is 2. The van der Waals surface area contributed by atoms with Crippen LogP contribution < -0.4 is 5.32 Å². The van der Waals surface area contributed by atoms with E-state index >= 15 is 0 Å². The molecule has 0 saturated carbocycles. The molecule has 2 aromatic rings. The van der Waals surface area contributed by atoms with Crippen molar-refractivity contribution < 1.29 is 9.18 Å². The molecule has 17 heavy (non-hydrogen) atoms. The number of carbonyl (C=O) groups is 1. The quantitative estimate of drug-likeness (QED) is 0.881. The largest absolute Gasteiger partial charge is 0.351 e. The van der Waals surface area contributed by atoms with Crippen molar-refractivity contribution in [1.29, 1.82) is 0 Å². The highest BCUT2D eigenvalue weighted by atomic mass is 19.1. The van der Waals surface area contributed by atoms with Crippen molar-refractivity contribution in [2.75, 3.05) is 6.54 Å². The summed E-state index contributed by atoms with van der Waals surface area (Å²) in [7, 11) is 0. The molecule has 4 nitrogen and oxygen atoms in total. The molecule has 0 aliphatic rings. The molecule has 0 atom stereocenters. The van der Waals surface area contributed by atoms with Crippen molar-refractivity contribution >= 4 is 16.8 Å². The molecule has 5 heteroatoms. The van der Waals surface area contributed by atoms with Crippen LogP contribution in [-0.4, -0.2) is 22.6 Å². The minimum absolute atomic E-state index is 0.248. The Labute approximate surface area is 97.9 Å². The highest BCUT2D eigenvalue weighted by Crippen LogP contribution is 2.13. The van der Waals surface area contributed by atoms with Crippen molar-refractivity contribution in [1.82, 2.24) is 15.5 Å². The first-order valence-corrected chi connectivity index (χ1v) is 5.42. The summed E-state index contributed by atoms with van der Waals surface area (Å²) in [5.41, 5.74) is 0.689. The highest BCUT2D eigenvalue weighted by Gasteiger charge is 2.08. The van der Waals surface area contributed by atoms with E-state index < -0.39 is 0 Å². The Hall–Kier alpha value is -2.04. The Balaban J connectivity index is 2.31. The molecule has 0 saturated heterocycles. The van der Waals surface area contributed by atoms with Crippen LogP contribution in [-0.2, 0) is 0 Å². The number of halogens is 1. The Morgan fingerprint density at radius 3 is 2.94 bits per heavy atom. The number of carbonyl (C=O) groups excluding carboxylic acids is 1. The fourth-order valence-corrected chi connectivity index (χ4v) is 1.45. The van der Waals surface area contributed by atoms with Crippen molar-refractivity contribution in [3.63, 3.8) is 0 Å². The maximum atomic E-state index is 12.9. The normalized spacial score (nSPS) is 10.5. The van der Waals surface area contributed by atoms with Gasteiger partial charge in [0.25, 0.3) is 5.91 Å². The van der Waals surface area contributed by atoms with Crippen LogP contribution in [0, 0.1) is 5.82 Å². The molecule has 1 aromatic heterocycles. The first-order chi connectivity index (χ1) is 8.20. The number of nitrogens with one attached hydrogen (secondary N) is 1. The number of rotatable bonds is 3. The van der Waals surface area contributed by atoms with E-state index in [9.17, 15) is 9.18 Å². The minimum atomic E-state index is -0.366. The van der Waals surface area contributed by atoms with Crippen LogP contribution >= 0.6 is 0 Å². The summed E-state index contributed by atoms with van der Waals surface area (Å²) in [5, 5.41) is 11.0. The Bertz CT molecular complexity index is 556. The molecule has 0 aliphatic carbocycles. The first-order valence-electron chi connectivity index (χ1n) is 5.42. The summed E-state index contributed by atoms with van der Waals surface area (Å²) >= 11 is 0. The average molecular weight is 233 g/mol. The maximum Gasteiger partial charge on any atom is 0.271 e. The highest BCUT2D eigenvalue weighted by molar-refractivity contribution is 5.95. The van der Waals surface area contributed by atoms with Gasteiger partial charge in [-0.15, -0.1) is 10.2 Å². The summed E-state index contributed by atoms with van der Waals surface area (Å²) in [6.45, 7) is 2.57. The van der Waals surface area contributed by atoms with Crippen LogP contribution in [0.15, 0.2) is 24.3 Å². The molecule has 88 valence electrons. The van der Waals surface area contributed by atoms with Crippen molar-refractivity contribution in [3.8, 4) is 0 Å². The lowest BCUT2D eigenvalue weighted by Crippen LogP contribution is -2.25. The summed E-state index contributed by atoms with van der Waals surface area (Å²) in [6.07, 6.45) is 0.859. The molecule has 1 aromatic carbocycles. The van der Waals surface area contributed by atoms with Crippen LogP contribution in [0.3, 0.4) is 0 Å². The molecule has 1 heterocycles. The van der Waals surface area contributed by atoms with Gasteiger partial charge in [0.1, 0.15) is 5.82 Å². The lowest BCUT2D eigenvalue weighted by atomic mass is 10.2. The zero-order chi connectivity index (χ0) is 12.3. The third-order valence-corrected chi connectivity index (χ3v) is 2.32. The third kappa shape index (κ3) is 2.55. The van der Waals surface area contributed by atoms with E-state index in [1.807, 2.05) is 6.92 Å². The molecule has 0 spiro atoms. The lowest BCUT2D eigenvalue weighted by molar-refractivity contribution is 0.0948. The Morgan fingerprint density at radius 2 is 2.18 bits per heavy atom. The average Bonchev–Trinajstić information content (AvgIpc) is 2.35. The second kappa shape index (κ2) is 4.86. The fraction of sp³-hybridized carbons (Fsp3) is 0.250. The third-order valence-electron chi connectivity index (χ3n) is 2.32. The monoisotopic (exact) mass is 233 g/mol. The van der Waals surface area contributed by atoms with Gasteiger partial charge in [0.15, 0.2) is 5.69 Å². The van der Waals surface area contributed by atoms with E-state index in [1.54, 1.807) is 12.1 Å². The second-order valence-corrected chi connectivity index (χ2v) is 3.69. The van der Waals surface area contributed by atoms with Crippen LogP contribution in [0.1, 0.15) is 23.8 Å². The van der Waals surface area contributed by atoms with Gasteiger partial charge in [0.2, 0.25) is 0 Å². The minimum Gasteiger partial charge on any atom is -0.351 e. The predicted octanol–water partition coefficient (Wildman–Crippen LogP) is 1.91. The first kappa shape index (κ1) is 11.4. The molecule has 0 unspecified atom stereocenters. The van der Waals surface area contributed by atoms with Gasteiger partial charge in [-0.1, -0.05) is 6.92 Å². The van der Waals surface area contributed by atoms with E-state index in [-0.39, 0.29) is 17.4 Å². The van der Waals surface area contributed by atoms with Crippen molar-refractivity contribution in [2.45, 2.75) is 13.3 Å². The summed E-state index contributed by atoms with van der Waals surface area (Å²) < 4.78 is 12.9. The molecular formula is C12H12FN3O. The van der Waals surface area contributed by atoms with E-state index in [0.29, 0.717) is 17.4 Å². The SMILES string of the molecule is CCCNC(=O)c1cc2ccc(F)cc2nn1. The van der Waals surface area contributed by atoms with Crippen LogP contribution in [0.4, 0.5) is 4.39 Å². The molecule has 2 rings (SSSR count). The number of benzene rings is 1. The molecule has 1 amide bonds. The van der Waals surface area contributed by atoms with Gasteiger partial charge in [-0.25, -0.2) is 4.39 Å². The molecule has 0 bridgehead atoms. The number of hydrogen-bond donors (Lipinski definition) is 1. The lowest BCUT2D eigenvalue weighted by Gasteiger charge is -2.03. The van der Waals surface area contributed by atoms with Crippen molar-refractivity contribution in [3.05, 3.63) is 35.8 Å². The zero-order valence-electron chi connectivity index (χ0n) is 9.40.